The van der Waals surface area contributed by atoms with Crippen molar-refractivity contribution in [2.45, 2.75) is 44.4 Å². The maximum absolute atomic E-state index is 12.5. The number of thiophene rings is 1. The molecule has 0 bridgehead atoms. The maximum atomic E-state index is 12.5. The zero-order chi connectivity index (χ0) is 23.4. The molecule has 3 heterocycles. The molecule has 2 aromatic rings. The lowest BCUT2D eigenvalue weighted by molar-refractivity contribution is 0.463. The van der Waals surface area contributed by atoms with Gasteiger partial charge in [-0.2, -0.15) is 0 Å². The quantitative estimate of drug-likeness (QED) is 0.353. The van der Waals surface area contributed by atoms with Crippen molar-refractivity contribution in [3.8, 4) is 18.6 Å². The summed E-state index contributed by atoms with van der Waals surface area (Å²) in [6.45, 7) is 8.34. The second-order valence-corrected chi connectivity index (χ2v) is 9.77. The fraction of sp³-hybridized carbons (Fsp3) is 0.429. The molecule has 170 valence electrons. The first-order valence-electron chi connectivity index (χ1n) is 9.75. The van der Waals surface area contributed by atoms with E-state index in [-0.39, 0.29) is 23.1 Å². The zero-order valence-electron chi connectivity index (χ0n) is 18.2. The number of nitrogens with zero attached hydrogens (tertiary/aromatic N) is 3. The van der Waals surface area contributed by atoms with E-state index in [2.05, 4.69) is 43.6 Å². The van der Waals surface area contributed by atoms with Crippen molar-refractivity contribution in [1.82, 2.24) is 4.31 Å². The molecule has 31 heavy (non-hydrogen) atoms. The van der Waals surface area contributed by atoms with E-state index in [4.69, 9.17) is 15.9 Å². The molecule has 0 spiro atoms. The fourth-order valence-corrected chi connectivity index (χ4v) is 4.81. The summed E-state index contributed by atoms with van der Waals surface area (Å²) < 4.78 is 19.6. The van der Waals surface area contributed by atoms with Gasteiger partial charge in [0.25, 0.3) is 0 Å². The topological polar surface area (TPSA) is 130 Å². The number of nitrogens with two attached hydrogens (primary N) is 2. The van der Waals surface area contributed by atoms with Gasteiger partial charge in [-0.05, 0) is 24.8 Å². The van der Waals surface area contributed by atoms with Crippen LogP contribution in [-0.2, 0) is 17.5 Å². The molecule has 1 saturated heterocycles. The summed E-state index contributed by atoms with van der Waals surface area (Å²) in [5.74, 6) is 0.768. The first-order valence-corrected chi connectivity index (χ1v) is 11.7. The second kappa shape index (κ2) is 13.6. The van der Waals surface area contributed by atoms with Gasteiger partial charge in [0.05, 0.1) is 19.1 Å². The Balaban J connectivity index is 0.000000720. The lowest BCUT2D eigenvalue weighted by Crippen LogP contribution is -2.31. The summed E-state index contributed by atoms with van der Waals surface area (Å²) >= 11 is 1.19. The van der Waals surface area contributed by atoms with Crippen LogP contribution in [0.1, 0.15) is 39.2 Å². The monoisotopic (exact) mass is 465 g/mol. The fourth-order valence-electron chi connectivity index (χ4n) is 2.33. The molecule has 3 rings (SSSR count). The normalized spacial score (nSPS) is 15.7. The summed E-state index contributed by atoms with van der Waals surface area (Å²) in [4.78, 5) is 8.24. The molecule has 1 atom stereocenters. The van der Waals surface area contributed by atoms with Crippen molar-refractivity contribution >= 4 is 39.7 Å². The van der Waals surface area contributed by atoms with Gasteiger partial charge in [0, 0.05) is 24.0 Å². The number of terminal acetylenes is 1. The molecule has 1 fully saturated rings. The molecule has 0 aliphatic carbocycles. The largest absolute Gasteiger partial charge is 0.504 e. The van der Waals surface area contributed by atoms with E-state index in [1.54, 1.807) is 24.0 Å². The van der Waals surface area contributed by atoms with Gasteiger partial charge >= 0.3 is 0 Å². The van der Waals surface area contributed by atoms with Crippen molar-refractivity contribution in [3.63, 3.8) is 0 Å². The molecule has 0 amide bonds. The van der Waals surface area contributed by atoms with Crippen LogP contribution < -0.4 is 11.5 Å². The Morgan fingerprint density at radius 1 is 1.29 bits per heavy atom. The maximum Gasteiger partial charge on any atom is 0.170 e. The summed E-state index contributed by atoms with van der Waals surface area (Å²) in [6.07, 6.45) is 13.1. The molecule has 8 nitrogen and oxygen atoms in total. The third-order valence-electron chi connectivity index (χ3n) is 3.69. The highest BCUT2D eigenvalue weighted by molar-refractivity contribution is 7.85. The number of rotatable bonds is 5. The number of amidine groups is 2. The van der Waals surface area contributed by atoms with Gasteiger partial charge in [-0.15, -0.1) is 24.2 Å². The van der Waals surface area contributed by atoms with Gasteiger partial charge in [0.2, 0.25) is 0 Å². The Morgan fingerprint density at radius 2 is 1.90 bits per heavy atom. The van der Waals surface area contributed by atoms with Crippen molar-refractivity contribution in [2.75, 3.05) is 13.1 Å². The summed E-state index contributed by atoms with van der Waals surface area (Å²) in [5, 5.41) is 11.9. The number of aromatic hydroxyl groups is 1. The molecule has 0 radical (unpaired) electrons. The predicted molar refractivity (Wildman–Crippen MR) is 129 cm³/mol. The molecule has 0 saturated carbocycles. The van der Waals surface area contributed by atoms with E-state index in [1.807, 2.05) is 4.31 Å². The highest BCUT2D eigenvalue weighted by Gasteiger charge is 2.24. The summed E-state index contributed by atoms with van der Waals surface area (Å²) in [5.41, 5.74) is 12.8. The van der Waals surface area contributed by atoms with Crippen LogP contribution in [0, 0.1) is 18.8 Å². The van der Waals surface area contributed by atoms with Crippen LogP contribution in [-0.4, -0.2) is 38.4 Å². The molecule has 1 aliphatic heterocycles. The standard InChI is InChI=1S/C15H19N5O3S2.C4H10.C2H2/c16-13(18-7-10-3-6-23-8-10)14(17)19-11-9-24-15(12(11)21)25(22)20-4-1-2-5-20;1-4(2)3;1-2/h3,6,8-9,21H,1-2,4-5,7H2,(H2,16,18)(H2,17,19);4H,1-3H3;1-2H. The van der Waals surface area contributed by atoms with E-state index >= 15 is 0 Å². The minimum absolute atomic E-state index is 0.00454. The van der Waals surface area contributed by atoms with Crippen molar-refractivity contribution in [3.05, 3.63) is 29.5 Å². The van der Waals surface area contributed by atoms with Crippen LogP contribution in [0.2, 0.25) is 0 Å². The molecule has 2 aromatic heterocycles. The van der Waals surface area contributed by atoms with Gasteiger partial charge in [-0.3, -0.25) is 4.99 Å². The molecule has 5 N–H and O–H groups in total. The van der Waals surface area contributed by atoms with Crippen LogP contribution in [0.25, 0.3) is 0 Å². The first-order chi connectivity index (χ1) is 14.8. The Hall–Kier alpha value is -2.61. The SMILES string of the molecule is C#C.CC(C)C.NC(=NCc1ccoc1)C(N)=Nc1csc(S(=O)N2CCCC2)c1O. The third-order valence-corrected chi connectivity index (χ3v) is 6.50. The minimum Gasteiger partial charge on any atom is -0.504 e. The van der Waals surface area contributed by atoms with Crippen molar-refractivity contribution < 1.29 is 13.7 Å². The molecular weight excluding hydrogens is 434 g/mol. The Labute approximate surface area is 190 Å². The van der Waals surface area contributed by atoms with Crippen molar-refractivity contribution in [2.24, 2.45) is 27.4 Å². The average molecular weight is 466 g/mol. The van der Waals surface area contributed by atoms with Crippen LogP contribution in [0.4, 0.5) is 5.69 Å². The Morgan fingerprint density at radius 3 is 2.45 bits per heavy atom. The van der Waals surface area contributed by atoms with Crippen LogP contribution in [0.15, 0.2) is 42.6 Å². The smallest absolute Gasteiger partial charge is 0.170 e. The zero-order valence-corrected chi connectivity index (χ0v) is 19.8. The Kier molecular flexibility index (Phi) is 11.6. The highest BCUT2D eigenvalue weighted by atomic mass is 32.2. The van der Waals surface area contributed by atoms with Gasteiger partial charge in [-0.1, -0.05) is 20.8 Å². The van der Waals surface area contributed by atoms with Gasteiger partial charge in [0.1, 0.15) is 16.7 Å². The number of hydrogen-bond donors (Lipinski definition) is 3. The van der Waals surface area contributed by atoms with E-state index in [0.717, 1.165) is 37.4 Å². The lowest BCUT2D eigenvalue weighted by Gasteiger charge is -2.12. The van der Waals surface area contributed by atoms with Crippen LogP contribution in [0.3, 0.4) is 0 Å². The van der Waals surface area contributed by atoms with E-state index in [0.29, 0.717) is 10.8 Å². The molecular formula is C21H31N5O3S2. The Bertz CT molecular complexity index is 893. The number of aliphatic imine (C=N–C) groups is 2. The lowest BCUT2D eigenvalue weighted by atomic mass is 10.3. The molecule has 1 unspecified atom stereocenters. The van der Waals surface area contributed by atoms with E-state index < -0.39 is 11.0 Å². The highest BCUT2D eigenvalue weighted by Crippen LogP contribution is 2.39. The van der Waals surface area contributed by atoms with Gasteiger partial charge < -0.3 is 21.0 Å². The second-order valence-electron chi connectivity index (χ2n) is 7.20. The number of hydrogen-bond acceptors (Lipinski definition) is 6. The van der Waals surface area contributed by atoms with Crippen LogP contribution >= 0.6 is 11.3 Å². The number of furan rings is 1. The van der Waals surface area contributed by atoms with Crippen molar-refractivity contribution in [1.29, 1.82) is 0 Å². The summed E-state index contributed by atoms with van der Waals surface area (Å²) in [6, 6.07) is 1.77. The van der Waals surface area contributed by atoms with E-state index in [9.17, 15) is 9.32 Å². The van der Waals surface area contributed by atoms with E-state index in [1.165, 1.54) is 11.3 Å². The molecule has 10 heteroatoms. The summed E-state index contributed by atoms with van der Waals surface area (Å²) in [7, 11) is -1.38. The minimum atomic E-state index is -1.38. The predicted octanol–water partition coefficient (Wildman–Crippen LogP) is 3.62. The first kappa shape index (κ1) is 26.4. The molecule has 1 aliphatic rings. The third kappa shape index (κ3) is 8.57. The molecule has 0 aromatic carbocycles. The van der Waals surface area contributed by atoms with Gasteiger partial charge in [-0.25, -0.2) is 13.5 Å². The average Bonchev–Trinajstić information content (AvgIpc) is 3.50. The van der Waals surface area contributed by atoms with Gasteiger partial charge in [0.15, 0.2) is 21.6 Å². The van der Waals surface area contributed by atoms with Crippen LogP contribution in [0.5, 0.6) is 5.75 Å².